The molecule has 4 rings (SSSR count). The summed E-state index contributed by atoms with van der Waals surface area (Å²) in [5, 5.41) is 0. The maximum Gasteiger partial charge on any atom is 0.257 e. The van der Waals surface area contributed by atoms with Gasteiger partial charge in [0, 0.05) is 11.1 Å². The molecular formula is C24H25N5O2. The number of ether oxygens (including phenoxy) is 2. The number of hydrogen-bond acceptors (Lipinski definition) is 7. The Morgan fingerprint density at radius 2 is 1.35 bits per heavy atom. The first-order valence-electron chi connectivity index (χ1n) is 9.66. The lowest BCUT2D eigenvalue weighted by atomic mass is 10.1. The highest BCUT2D eigenvalue weighted by atomic mass is 16.5. The average Bonchev–Trinajstić information content (AvgIpc) is 2.80. The van der Waals surface area contributed by atoms with Crippen LogP contribution in [0.3, 0.4) is 0 Å². The van der Waals surface area contributed by atoms with Crippen LogP contribution in [0.15, 0.2) is 67.1 Å². The summed E-state index contributed by atoms with van der Waals surface area (Å²) in [7, 11) is 3.12. The standard InChI is InChI=1S/C12H13N3O.C12H12N2O/c1-8-4-3-5-9(6-8)10-7-14-11(13)12(15-10)16-2;1-9-4-3-5-10(6-9)11-7-13-8-12(14-11)15-2/h3-7H,1-2H3,(H2,13,14);3-8H,1-2H3. The summed E-state index contributed by atoms with van der Waals surface area (Å²) < 4.78 is 10.1. The Morgan fingerprint density at radius 3 is 1.90 bits per heavy atom. The van der Waals surface area contributed by atoms with Crippen molar-refractivity contribution in [2.24, 2.45) is 0 Å². The molecule has 0 spiro atoms. The van der Waals surface area contributed by atoms with E-state index in [2.05, 4.69) is 39.0 Å². The normalized spacial score (nSPS) is 10.1. The van der Waals surface area contributed by atoms with Crippen molar-refractivity contribution in [3.63, 3.8) is 0 Å². The first kappa shape index (κ1) is 21.7. The molecule has 2 N–H and O–H groups in total. The number of aromatic nitrogens is 4. The zero-order valence-electron chi connectivity index (χ0n) is 18.0. The Labute approximate surface area is 182 Å². The van der Waals surface area contributed by atoms with Crippen LogP contribution in [0.5, 0.6) is 11.8 Å². The molecule has 0 atom stereocenters. The van der Waals surface area contributed by atoms with Crippen LogP contribution in [-0.2, 0) is 0 Å². The van der Waals surface area contributed by atoms with Gasteiger partial charge < -0.3 is 15.2 Å². The highest BCUT2D eigenvalue weighted by Gasteiger charge is 2.06. The van der Waals surface area contributed by atoms with Gasteiger partial charge in [-0.25, -0.2) is 15.0 Å². The molecule has 2 heterocycles. The molecular weight excluding hydrogens is 390 g/mol. The smallest absolute Gasteiger partial charge is 0.257 e. The van der Waals surface area contributed by atoms with Gasteiger partial charge in [0.05, 0.1) is 44.2 Å². The van der Waals surface area contributed by atoms with Gasteiger partial charge in [-0.2, -0.15) is 0 Å². The molecule has 158 valence electrons. The summed E-state index contributed by atoms with van der Waals surface area (Å²) in [5.41, 5.74) is 11.6. The van der Waals surface area contributed by atoms with E-state index < -0.39 is 0 Å². The highest BCUT2D eigenvalue weighted by Crippen LogP contribution is 2.23. The van der Waals surface area contributed by atoms with E-state index in [0.717, 1.165) is 22.5 Å². The zero-order valence-corrected chi connectivity index (χ0v) is 18.0. The lowest BCUT2D eigenvalue weighted by Crippen LogP contribution is -1.99. The number of nitrogen functional groups attached to an aromatic ring is 1. The summed E-state index contributed by atoms with van der Waals surface area (Å²) in [5.74, 6) is 1.20. The van der Waals surface area contributed by atoms with Crippen LogP contribution in [0.2, 0.25) is 0 Å². The van der Waals surface area contributed by atoms with Crippen molar-refractivity contribution in [3.8, 4) is 34.3 Å². The summed E-state index contributed by atoms with van der Waals surface area (Å²) in [4.78, 5) is 16.7. The molecule has 0 fully saturated rings. The third-order valence-electron chi connectivity index (χ3n) is 4.41. The lowest BCUT2D eigenvalue weighted by Gasteiger charge is -2.05. The van der Waals surface area contributed by atoms with Crippen LogP contribution in [0.25, 0.3) is 22.5 Å². The molecule has 0 aliphatic rings. The summed E-state index contributed by atoms with van der Waals surface area (Å²) >= 11 is 0. The van der Waals surface area contributed by atoms with Gasteiger partial charge in [0.1, 0.15) is 0 Å². The van der Waals surface area contributed by atoms with Gasteiger partial charge in [-0.3, -0.25) is 4.98 Å². The number of benzene rings is 2. The van der Waals surface area contributed by atoms with E-state index in [1.165, 1.54) is 18.2 Å². The quantitative estimate of drug-likeness (QED) is 0.524. The van der Waals surface area contributed by atoms with Crippen LogP contribution < -0.4 is 15.2 Å². The van der Waals surface area contributed by atoms with E-state index in [4.69, 9.17) is 15.2 Å². The number of nitrogens with zero attached hydrogens (tertiary/aromatic N) is 4. The van der Waals surface area contributed by atoms with Crippen molar-refractivity contribution in [3.05, 3.63) is 78.2 Å². The minimum atomic E-state index is 0.305. The van der Waals surface area contributed by atoms with Gasteiger partial charge >= 0.3 is 0 Å². The molecule has 0 aliphatic heterocycles. The van der Waals surface area contributed by atoms with Crippen molar-refractivity contribution < 1.29 is 9.47 Å². The Hall–Kier alpha value is -4.00. The SMILES string of the molecule is COc1cncc(-c2cccc(C)c2)n1.COc1nc(-c2cccc(C)c2)cnc1N. The van der Waals surface area contributed by atoms with E-state index >= 15 is 0 Å². The highest BCUT2D eigenvalue weighted by molar-refractivity contribution is 5.61. The van der Waals surface area contributed by atoms with Gasteiger partial charge in [-0.15, -0.1) is 0 Å². The Balaban J connectivity index is 0.000000176. The monoisotopic (exact) mass is 415 g/mol. The molecule has 0 saturated carbocycles. The van der Waals surface area contributed by atoms with Gasteiger partial charge in [0.2, 0.25) is 5.88 Å². The predicted octanol–water partition coefficient (Wildman–Crippen LogP) is 4.50. The minimum absolute atomic E-state index is 0.305. The fourth-order valence-electron chi connectivity index (χ4n) is 2.87. The van der Waals surface area contributed by atoms with E-state index in [9.17, 15) is 0 Å². The van der Waals surface area contributed by atoms with Crippen molar-refractivity contribution in [1.29, 1.82) is 0 Å². The number of rotatable bonds is 4. The molecule has 0 amide bonds. The molecule has 0 bridgehead atoms. The number of anilines is 1. The van der Waals surface area contributed by atoms with E-state index in [1.54, 1.807) is 25.7 Å². The Morgan fingerprint density at radius 1 is 0.742 bits per heavy atom. The first-order valence-corrected chi connectivity index (χ1v) is 9.66. The number of methoxy groups -OCH3 is 2. The van der Waals surface area contributed by atoms with Gasteiger partial charge in [-0.1, -0.05) is 47.5 Å². The van der Waals surface area contributed by atoms with E-state index in [0.29, 0.717) is 17.6 Å². The van der Waals surface area contributed by atoms with E-state index in [-0.39, 0.29) is 0 Å². The van der Waals surface area contributed by atoms with Crippen molar-refractivity contribution >= 4 is 5.82 Å². The molecule has 31 heavy (non-hydrogen) atoms. The molecule has 2 aromatic heterocycles. The third kappa shape index (κ3) is 5.76. The molecule has 0 aliphatic carbocycles. The average molecular weight is 415 g/mol. The topological polar surface area (TPSA) is 96.0 Å². The first-order chi connectivity index (χ1) is 15.0. The summed E-state index contributed by atoms with van der Waals surface area (Å²) in [6.45, 7) is 4.09. The van der Waals surface area contributed by atoms with Crippen LogP contribution in [0.1, 0.15) is 11.1 Å². The third-order valence-corrected chi connectivity index (χ3v) is 4.41. The molecule has 7 nitrogen and oxygen atoms in total. The van der Waals surface area contributed by atoms with Crippen LogP contribution in [-0.4, -0.2) is 34.2 Å². The number of hydrogen-bond donors (Lipinski definition) is 1. The second-order valence-electron chi connectivity index (χ2n) is 6.84. The largest absolute Gasteiger partial charge is 0.480 e. The maximum absolute atomic E-state index is 5.61. The van der Waals surface area contributed by atoms with Crippen LogP contribution >= 0.6 is 0 Å². The van der Waals surface area contributed by atoms with Gasteiger partial charge in [0.25, 0.3) is 5.88 Å². The van der Waals surface area contributed by atoms with Gasteiger partial charge in [-0.05, 0) is 26.0 Å². The van der Waals surface area contributed by atoms with Crippen molar-refractivity contribution in [2.45, 2.75) is 13.8 Å². The lowest BCUT2D eigenvalue weighted by molar-refractivity contribution is 0.396. The molecule has 0 saturated heterocycles. The Kier molecular flexibility index (Phi) is 7.11. The van der Waals surface area contributed by atoms with Gasteiger partial charge in [0.15, 0.2) is 5.82 Å². The number of aryl methyl sites for hydroxylation is 2. The molecule has 0 unspecified atom stereocenters. The molecule has 7 heteroatoms. The van der Waals surface area contributed by atoms with E-state index in [1.807, 2.05) is 43.3 Å². The summed E-state index contributed by atoms with van der Waals surface area (Å²) in [6, 6.07) is 16.2. The molecule has 0 radical (unpaired) electrons. The number of nitrogens with two attached hydrogens (primary N) is 1. The maximum atomic E-state index is 5.61. The Bertz CT molecular complexity index is 1160. The second kappa shape index (κ2) is 10.2. The van der Waals surface area contributed by atoms with Crippen LogP contribution in [0.4, 0.5) is 5.82 Å². The summed E-state index contributed by atoms with van der Waals surface area (Å²) in [6.07, 6.45) is 4.98. The minimum Gasteiger partial charge on any atom is -0.480 e. The predicted molar refractivity (Wildman–Crippen MR) is 122 cm³/mol. The van der Waals surface area contributed by atoms with Crippen LogP contribution in [0, 0.1) is 13.8 Å². The zero-order chi connectivity index (χ0) is 22.2. The van der Waals surface area contributed by atoms with Crippen molar-refractivity contribution in [1.82, 2.24) is 19.9 Å². The molecule has 4 aromatic rings. The van der Waals surface area contributed by atoms with Crippen molar-refractivity contribution in [2.75, 3.05) is 20.0 Å². The fourth-order valence-corrected chi connectivity index (χ4v) is 2.87. The fraction of sp³-hybridized carbons (Fsp3) is 0.167. The molecule has 2 aromatic carbocycles. The second-order valence-corrected chi connectivity index (χ2v) is 6.84.